The van der Waals surface area contributed by atoms with Gasteiger partial charge in [-0.2, -0.15) is 0 Å². The minimum Gasteiger partial charge on any atom is -0.450 e. The molecule has 1 aliphatic carbocycles. The average Bonchev–Trinajstić information content (AvgIpc) is 3.19. The summed E-state index contributed by atoms with van der Waals surface area (Å²) < 4.78 is 5.15. The monoisotopic (exact) mass is 363 g/mol. The number of hydrogen-bond donors (Lipinski definition) is 0. The summed E-state index contributed by atoms with van der Waals surface area (Å²) in [5, 5.41) is 0. The first-order chi connectivity index (χ1) is 12.5. The fourth-order valence-electron chi connectivity index (χ4n) is 5.78. The van der Waals surface area contributed by atoms with Crippen LogP contribution in [0.2, 0.25) is 0 Å². The lowest BCUT2D eigenvalue weighted by atomic mass is 9.64. The largest absolute Gasteiger partial charge is 0.450 e. The summed E-state index contributed by atoms with van der Waals surface area (Å²) >= 11 is 0. The third-order valence-electron chi connectivity index (χ3n) is 7.25. The molecule has 3 saturated heterocycles. The van der Waals surface area contributed by atoms with Gasteiger partial charge in [0, 0.05) is 50.7 Å². The van der Waals surface area contributed by atoms with E-state index in [1.807, 2.05) is 11.8 Å². The van der Waals surface area contributed by atoms with Crippen LogP contribution in [0, 0.1) is 5.41 Å². The van der Waals surface area contributed by atoms with Gasteiger partial charge < -0.3 is 19.4 Å². The van der Waals surface area contributed by atoms with Crippen LogP contribution in [0.15, 0.2) is 0 Å². The molecule has 0 aromatic heterocycles. The van der Waals surface area contributed by atoms with Crippen molar-refractivity contribution in [2.75, 3.05) is 32.8 Å². The number of piperidine rings is 1. The molecule has 6 nitrogen and oxygen atoms in total. The molecule has 0 aromatic rings. The lowest BCUT2D eigenvalue weighted by Crippen LogP contribution is -2.56. The predicted molar refractivity (Wildman–Crippen MR) is 98.8 cm³/mol. The van der Waals surface area contributed by atoms with Gasteiger partial charge >= 0.3 is 6.09 Å². The molecule has 0 aromatic carbocycles. The van der Waals surface area contributed by atoms with Crippen molar-refractivity contribution in [1.29, 1.82) is 0 Å². The van der Waals surface area contributed by atoms with Gasteiger partial charge in [-0.25, -0.2) is 4.79 Å². The average molecular weight is 364 g/mol. The van der Waals surface area contributed by atoms with Gasteiger partial charge in [0.05, 0.1) is 6.61 Å². The van der Waals surface area contributed by atoms with Crippen LogP contribution in [-0.4, -0.2) is 77.6 Å². The molecule has 2 amide bonds. The molecular formula is C20H33N3O3. The summed E-state index contributed by atoms with van der Waals surface area (Å²) in [6, 6.07) is 1.55. The summed E-state index contributed by atoms with van der Waals surface area (Å²) in [7, 11) is 0. The van der Waals surface area contributed by atoms with Crippen molar-refractivity contribution in [2.45, 2.75) is 76.9 Å². The lowest BCUT2D eigenvalue weighted by molar-refractivity contribution is -0.132. The maximum absolute atomic E-state index is 12.1. The molecule has 0 bridgehead atoms. The minimum atomic E-state index is -0.141. The van der Waals surface area contributed by atoms with Crippen molar-refractivity contribution >= 4 is 12.0 Å². The van der Waals surface area contributed by atoms with Crippen molar-refractivity contribution in [3.05, 3.63) is 0 Å². The summed E-state index contributed by atoms with van der Waals surface area (Å²) in [6.45, 7) is 8.47. The number of likely N-dealkylation sites (tertiary alicyclic amines) is 3. The standard InChI is InChI=1S/C20H33N3O3/c1-3-26-19(25)22-11-8-20(14-22)12-17(13-20)21-9-6-16(7-10-21)23-15(2)4-5-18(23)24/h15-17H,3-14H2,1-2H3/t15-,17?,20?/m0/s1. The highest BCUT2D eigenvalue weighted by atomic mass is 16.6. The van der Waals surface area contributed by atoms with E-state index >= 15 is 0 Å². The van der Waals surface area contributed by atoms with E-state index in [0.29, 0.717) is 36.1 Å². The van der Waals surface area contributed by atoms with Crippen molar-refractivity contribution in [1.82, 2.24) is 14.7 Å². The SMILES string of the molecule is CCOC(=O)N1CCC2(CC(N3CCC(N4C(=O)CC[C@@H]4C)CC3)C2)C1. The first kappa shape index (κ1) is 18.1. The lowest BCUT2D eigenvalue weighted by Gasteiger charge is -2.52. The number of ether oxygens (including phenoxy) is 1. The second kappa shape index (κ2) is 7.02. The summed E-state index contributed by atoms with van der Waals surface area (Å²) in [6.07, 6.45) is 7.42. The second-order valence-electron chi connectivity index (χ2n) is 8.89. The van der Waals surface area contributed by atoms with Crippen LogP contribution in [0.3, 0.4) is 0 Å². The van der Waals surface area contributed by atoms with E-state index < -0.39 is 0 Å². The Morgan fingerprint density at radius 3 is 2.50 bits per heavy atom. The molecule has 0 N–H and O–H groups in total. The van der Waals surface area contributed by atoms with E-state index in [0.717, 1.165) is 58.3 Å². The van der Waals surface area contributed by atoms with Gasteiger partial charge in [0.15, 0.2) is 0 Å². The Balaban J connectivity index is 1.24. The molecule has 4 fully saturated rings. The molecule has 3 heterocycles. The van der Waals surface area contributed by atoms with Crippen LogP contribution < -0.4 is 0 Å². The normalized spacial score (nSPS) is 36.0. The topological polar surface area (TPSA) is 53.1 Å². The number of carbonyl (C=O) groups excluding carboxylic acids is 2. The van der Waals surface area contributed by atoms with Crippen molar-refractivity contribution in [2.24, 2.45) is 5.41 Å². The summed E-state index contributed by atoms with van der Waals surface area (Å²) in [5.41, 5.74) is 0.341. The molecule has 146 valence electrons. The van der Waals surface area contributed by atoms with Gasteiger partial charge in [-0.15, -0.1) is 0 Å². The first-order valence-corrected chi connectivity index (χ1v) is 10.5. The molecule has 1 spiro atoms. The van der Waals surface area contributed by atoms with Gasteiger partial charge in [-0.3, -0.25) is 4.79 Å². The van der Waals surface area contributed by atoms with Crippen molar-refractivity contribution in [3.8, 4) is 0 Å². The molecule has 0 unspecified atom stereocenters. The van der Waals surface area contributed by atoms with Gasteiger partial charge in [-0.1, -0.05) is 0 Å². The predicted octanol–water partition coefficient (Wildman–Crippen LogP) is 2.47. The molecule has 26 heavy (non-hydrogen) atoms. The van der Waals surface area contributed by atoms with Crippen LogP contribution >= 0.6 is 0 Å². The number of nitrogens with zero attached hydrogens (tertiary/aromatic N) is 3. The van der Waals surface area contributed by atoms with E-state index in [9.17, 15) is 9.59 Å². The highest BCUT2D eigenvalue weighted by molar-refractivity contribution is 5.79. The van der Waals surface area contributed by atoms with E-state index in [1.54, 1.807) is 0 Å². The van der Waals surface area contributed by atoms with Gasteiger partial charge in [-0.05, 0) is 57.8 Å². The molecule has 3 aliphatic heterocycles. The highest BCUT2D eigenvalue weighted by Gasteiger charge is 2.51. The maximum atomic E-state index is 12.1. The number of carbonyl (C=O) groups is 2. The second-order valence-corrected chi connectivity index (χ2v) is 8.89. The van der Waals surface area contributed by atoms with E-state index in [1.165, 1.54) is 12.8 Å². The minimum absolute atomic E-state index is 0.141. The maximum Gasteiger partial charge on any atom is 0.409 e. The summed E-state index contributed by atoms with van der Waals surface area (Å²) in [4.78, 5) is 30.8. The Morgan fingerprint density at radius 2 is 1.88 bits per heavy atom. The Kier molecular flexibility index (Phi) is 4.88. The van der Waals surface area contributed by atoms with Gasteiger partial charge in [0.1, 0.15) is 0 Å². The zero-order valence-corrected chi connectivity index (χ0v) is 16.3. The number of amides is 2. The van der Waals surface area contributed by atoms with Crippen molar-refractivity contribution < 1.29 is 14.3 Å². The van der Waals surface area contributed by atoms with E-state index in [2.05, 4.69) is 16.7 Å². The van der Waals surface area contributed by atoms with Crippen LogP contribution in [0.1, 0.15) is 58.8 Å². The van der Waals surface area contributed by atoms with E-state index in [4.69, 9.17) is 4.74 Å². The number of hydrogen-bond acceptors (Lipinski definition) is 4. The molecule has 1 atom stereocenters. The van der Waals surface area contributed by atoms with Crippen LogP contribution in [0.25, 0.3) is 0 Å². The zero-order chi connectivity index (χ0) is 18.3. The third kappa shape index (κ3) is 3.21. The van der Waals surface area contributed by atoms with Crippen LogP contribution in [-0.2, 0) is 9.53 Å². The Hall–Kier alpha value is -1.30. The molecule has 4 rings (SSSR count). The quantitative estimate of drug-likeness (QED) is 0.773. The zero-order valence-electron chi connectivity index (χ0n) is 16.3. The molecular weight excluding hydrogens is 330 g/mol. The fraction of sp³-hybridized carbons (Fsp3) is 0.900. The highest BCUT2D eigenvalue weighted by Crippen LogP contribution is 2.50. The molecule has 0 radical (unpaired) electrons. The van der Waals surface area contributed by atoms with Gasteiger partial charge in [0.2, 0.25) is 5.91 Å². The van der Waals surface area contributed by atoms with Gasteiger partial charge in [0.25, 0.3) is 0 Å². The van der Waals surface area contributed by atoms with Crippen LogP contribution in [0.5, 0.6) is 0 Å². The first-order valence-electron chi connectivity index (χ1n) is 10.5. The smallest absolute Gasteiger partial charge is 0.409 e. The number of rotatable bonds is 3. The third-order valence-corrected chi connectivity index (χ3v) is 7.25. The summed E-state index contributed by atoms with van der Waals surface area (Å²) in [5.74, 6) is 0.364. The Bertz CT molecular complexity index is 553. The molecule has 1 saturated carbocycles. The molecule has 6 heteroatoms. The Labute approximate surface area is 156 Å². The Morgan fingerprint density at radius 1 is 1.15 bits per heavy atom. The fourth-order valence-corrected chi connectivity index (χ4v) is 5.78. The van der Waals surface area contributed by atoms with Crippen molar-refractivity contribution in [3.63, 3.8) is 0 Å². The molecule has 4 aliphatic rings. The van der Waals surface area contributed by atoms with Crippen LogP contribution in [0.4, 0.5) is 4.79 Å². The van der Waals surface area contributed by atoms with E-state index in [-0.39, 0.29) is 6.09 Å².